The van der Waals surface area contributed by atoms with Crippen molar-refractivity contribution in [2.24, 2.45) is 16.8 Å². The summed E-state index contributed by atoms with van der Waals surface area (Å²) in [6.45, 7) is 2.01. The first kappa shape index (κ1) is 19.4. The van der Waals surface area contributed by atoms with Gasteiger partial charge in [-0.25, -0.2) is 9.89 Å². The van der Waals surface area contributed by atoms with Crippen LogP contribution in [0.3, 0.4) is 0 Å². The molecule has 5 heteroatoms. The van der Waals surface area contributed by atoms with Crippen LogP contribution in [0.5, 0.6) is 0 Å². The molecule has 1 heterocycles. The number of carbonyl (C=O) groups is 2. The summed E-state index contributed by atoms with van der Waals surface area (Å²) < 4.78 is 0. The van der Waals surface area contributed by atoms with Crippen LogP contribution in [0, 0.1) is 18.8 Å². The van der Waals surface area contributed by atoms with Crippen molar-refractivity contribution in [1.82, 2.24) is 4.90 Å². The summed E-state index contributed by atoms with van der Waals surface area (Å²) >= 11 is 1.53. The average Bonchev–Trinajstić information content (AvgIpc) is 3.00. The molecule has 0 radical (unpaired) electrons. The minimum Gasteiger partial charge on any atom is -0.274 e. The van der Waals surface area contributed by atoms with Crippen molar-refractivity contribution in [2.45, 2.75) is 24.7 Å². The number of amides is 2. The Balaban J connectivity index is 1.65. The third-order valence-corrected chi connectivity index (χ3v) is 6.00. The van der Waals surface area contributed by atoms with Crippen molar-refractivity contribution in [3.05, 3.63) is 83.8 Å². The Hall–Kier alpha value is -2.92. The molecule has 0 bridgehead atoms. The molecule has 0 unspecified atom stereocenters. The van der Waals surface area contributed by atoms with E-state index in [-0.39, 0.29) is 23.7 Å². The van der Waals surface area contributed by atoms with Crippen molar-refractivity contribution in [3.63, 3.8) is 0 Å². The van der Waals surface area contributed by atoms with E-state index < -0.39 is 0 Å². The number of aryl methyl sites for hydroxylation is 1. The zero-order valence-corrected chi connectivity index (χ0v) is 17.0. The quantitative estimate of drug-likeness (QED) is 0.230. The molecule has 2 aliphatic rings. The van der Waals surface area contributed by atoms with Gasteiger partial charge in [-0.15, -0.1) is 0 Å². The molecule has 0 N–H and O–H groups in total. The Morgan fingerprint density at radius 3 is 2.21 bits per heavy atom. The van der Waals surface area contributed by atoms with E-state index >= 15 is 0 Å². The molecule has 29 heavy (non-hydrogen) atoms. The average molecular weight is 403 g/mol. The van der Waals surface area contributed by atoms with Gasteiger partial charge in [-0.05, 0) is 55.5 Å². The van der Waals surface area contributed by atoms with E-state index in [9.17, 15) is 9.59 Å². The van der Waals surface area contributed by atoms with Gasteiger partial charge >= 0.3 is 0 Å². The largest absolute Gasteiger partial charge is 0.274 e. The van der Waals surface area contributed by atoms with Gasteiger partial charge in [0.2, 0.25) is 11.8 Å². The first-order valence-corrected chi connectivity index (χ1v) is 10.6. The Bertz CT molecular complexity index is 967. The highest BCUT2D eigenvalue weighted by Gasteiger charge is 2.48. The lowest BCUT2D eigenvalue weighted by molar-refractivity contribution is -0.134. The molecule has 2 aromatic carbocycles. The number of likely N-dealkylation sites (tertiary alicyclic amines) is 1. The van der Waals surface area contributed by atoms with E-state index in [1.54, 1.807) is 6.08 Å². The number of amidine groups is 1. The maximum Gasteiger partial charge on any atom is 0.239 e. The highest BCUT2D eigenvalue weighted by molar-refractivity contribution is 8.02. The molecule has 0 saturated carbocycles. The lowest BCUT2D eigenvalue weighted by Crippen LogP contribution is -2.36. The molecule has 0 aromatic heterocycles. The zero-order valence-electron chi connectivity index (χ0n) is 16.2. The summed E-state index contributed by atoms with van der Waals surface area (Å²) in [6.07, 6.45) is 6.98. The van der Waals surface area contributed by atoms with Gasteiger partial charge in [0.1, 0.15) is 5.84 Å². The predicted octanol–water partition coefficient (Wildman–Crippen LogP) is 5.28. The van der Waals surface area contributed by atoms with E-state index in [0.717, 1.165) is 10.5 Å². The zero-order chi connectivity index (χ0) is 20.2. The number of nitrogens with zero attached hydrogens (tertiary/aromatic N) is 2. The summed E-state index contributed by atoms with van der Waals surface area (Å²) in [6, 6.07) is 17.7. The number of hydrogen-bond donors (Lipinski definition) is 0. The van der Waals surface area contributed by atoms with Gasteiger partial charge in [0.05, 0.1) is 17.5 Å². The molecular weight excluding hydrogens is 380 g/mol. The van der Waals surface area contributed by atoms with Gasteiger partial charge in [-0.3, -0.25) is 9.59 Å². The van der Waals surface area contributed by atoms with Crippen molar-refractivity contribution in [1.29, 1.82) is 0 Å². The molecule has 1 aliphatic carbocycles. The van der Waals surface area contributed by atoms with Crippen LogP contribution in [0.4, 0.5) is 5.69 Å². The van der Waals surface area contributed by atoms with Gasteiger partial charge in [-0.2, -0.15) is 0 Å². The number of thioether (sulfide) groups is 1. The maximum absolute atomic E-state index is 13.0. The van der Waals surface area contributed by atoms with Crippen molar-refractivity contribution in [2.75, 3.05) is 0 Å². The molecule has 0 spiro atoms. The van der Waals surface area contributed by atoms with Crippen LogP contribution in [0.2, 0.25) is 0 Å². The Morgan fingerprint density at radius 1 is 0.966 bits per heavy atom. The second-order valence-corrected chi connectivity index (χ2v) is 8.19. The minimum atomic E-state index is -0.272. The van der Waals surface area contributed by atoms with Crippen LogP contribution in [-0.4, -0.2) is 22.5 Å². The van der Waals surface area contributed by atoms with Crippen molar-refractivity contribution < 1.29 is 9.59 Å². The van der Waals surface area contributed by atoms with E-state index in [2.05, 4.69) is 4.99 Å². The smallest absolute Gasteiger partial charge is 0.239 e. The van der Waals surface area contributed by atoms with Gasteiger partial charge in [0.25, 0.3) is 0 Å². The van der Waals surface area contributed by atoms with E-state index in [0.29, 0.717) is 24.4 Å². The number of rotatable bonds is 4. The fraction of sp³-hybridized carbons (Fsp3) is 0.208. The number of allylic oxidation sites excluding steroid dienone is 2. The van der Waals surface area contributed by atoms with Crippen LogP contribution in [0.1, 0.15) is 18.4 Å². The van der Waals surface area contributed by atoms with Crippen molar-refractivity contribution in [3.8, 4) is 0 Å². The number of imide groups is 1. The molecular formula is C24H22N2O2S. The van der Waals surface area contributed by atoms with Gasteiger partial charge in [-0.1, -0.05) is 59.8 Å². The maximum atomic E-state index is 13.0. The molecule has 4 nitrogen and oxygen atoms in total. The predicted molar refractivity (Wildman–Crippen MR) is 117 cm³/mol. The molecule has 2 amide bonds. The number of fused-ring (bicyclic) bond motifs is 1. The number of carbonyl (C=O) groups excluding carboxylic acids is 2. The Morgan fingerprint density at radius 2 is 1.59 bits per heavy atom. The first-order chi connectivity index (χ1) is 14.1. The van der Waals surface area contributed by atoms with Crippen LogP contribution >= 0.6 is 11.8 Å². The molecule has 1 aliphatic heterocycles. The van der Waals surface area contributed by atoms with Crippen LogP contribution in [0.25, 0.3) is 0 Å². The van der Waals surface area contributed by atoms with Gasteiger partial charge in [0.15, 0.2) is 0 Å². The lowest BCUT2D eigenvalue weighted by Gasteiger charge is -2.15. The van der Waals surface area contributed by atoms with E-state index in [1.807, 2.05) is 79.1 Å². The monoisotopic (exact) mass is 402 g/mol. The molecule has 2 atom stereocenters. The molecule has 1 saturated heterocycles. The number of hydrogen-bond acceptors (Lipinski definition) is 4. The summed E-state index contributed by atoms with van der Waals surface area (Å²) in [7, 11) is 0. The Kier molecular flexibility index (Phi) is 5.76. The fourth-order valence-corrected chi connectivity index (χ4v) is 4.27. The van der Waals surface area contributed by atoms with E-state index in [1.165, 1.54) is 16.7 Å². The van der Waals surface area contributed by atoms with Gasteiger partial charge in [0, 0.05) is 4.90 Å². The Labute approximate surface area is 175 Å². The standard InChI is InChI=1S/C24H22N2O2S/c1-17-11-13-18(14-12-17)25-22(15-16-29-19-7-3-2-4-8-19)26-23(27)20-9-5-6-10-21(20)24(26)28/h2-8,11-16,20-21H,9-10H2,1H3/t20-,21+. The summed E-state index contributed by atoms with van der Waals surface area (Å²) in [5.41, 5.74) is 1.85. The first-order valence-electron chi connectivity index (χ1n) is 9.70. The van der Waals surface area contributed by atoms with Gasteiger partial charge < -0.3 is 0 Å². The van der Waals surface area contributed by atoms with Crippen LogP contribution in [-0.2, 0) is 9.59 Å². The number of benzene rings is 2. The van der Waals surface area contributed by atoms with Crippen LogP contribution < -0.4 is 0 Å². The minimum absolute atomic E-state index is 0.149. The van der Waals surface area contributed by atoms with E-state index in [4.69, 9.17) is 0 Å². The molecule has 1 fully saturated rings. The normalized spacial score (nSPS) is 21.8. The molecule has 146 valence electrons. The molecule has 4 rings (SSSR count). The second-order valence-electron chi connectivity index (χ2n) is 7.21. The second kappa shape index (κ2) is 8.62. The fourth-order valence-electron chi connectivity index (χ4n) is 3.61. The van der Waals surface area contributed by atoms with Crippen LogP contribution in [0.15, 0.2) is 88.1 Å². The number of aliphatic imine (C=N–C) groups is 1. The topological polar surface area (TPSA) is 49.7 Å². The summed E-state index contributed by atoms with van der Waals surface area (Å²) in [4.78, 5) is 33.1. The highest BCUT2D eigenvalue weighted by Crippen LogP contribution is 2.36. The molecule has 2 aromatic rings. The summed E-state index contributed by atoms with van der Waals surface area (Å²) in [5.74, 6) is -0.465. The third-order valence-electron chi connectivity index (χ3n) is 5.18. The third kappa shape index (κ3) is 4.25. The van der Waals surface area contributed by atoms with Crippen molar-refractivity contribution >= 4 is 35.1 Å². The lowest BCUT2D eigenvalue weighted by atomic mass is 9.85. The summed E-state index contributed by atoms with van der Waals surface area (Å²) in [5, 5.41) is 1.88. The SMILES string of the molecule is Cc1ccc(N=C(C=CSc2ccccc2)N2C(=O)[C@H]3CC=CC[C@H]3C2=O)cc1. The highest BCUT2D eigenvalue weighted by atomic mass is 32.2.